The van der Waals surface area contributed by atoms with E-state index in [1.165, 1.54) is 16.7 Å². The van der Waals surface area contributed by atoms with Crippen molar-refractivity contribution >= 4 is 5.91 Å². The van der Waals surface area contributed by atoms with E-state index in [4.69, 9.17) is 0 Å². The molecule has 1 aromatic carbocycles. The van der Waals surface area contributed by atoms with Gasteiger partial charge in [-0.15, -0.1) is 0 Å². The largest absolute Gasteiger partial charge is 0.340 e. The van der Waals surface area contributed by atoms with Gasteiger partial charge in [0.1, 0.15) is 0 Å². The number of benzene rings is 1. The van der Waals surface area contributed by atoms with Crippen molar-refractivity contribution in [3.05, 3.63) is 34.9 Å². The Labute approximate surface area is 128 Å². The maximum atomic E-state index is 12.5. The maximum absolute atomic E-state index is 12.5. The summed E-state index contributed by atoms with van der Waals surface area (Å²) in [6, 6.07) is 6.53. The van der Waals surface area contributed by atoms with Crippen molar-refractivity contribution in [3.8, 4) is 0 Å². The van der Waals surface area contributed by atoms with E-state index in [0.717, 1.165) is 32.7 Å². The van der Waals surface area contributed by atoms with Gasteiger partial charge in [0.25, 0.3) is 0 Å². The first kappa shape index (κ1) is 16.0. The highest BCUT2D eigenvalue weighted by Gasteiger charge is 2.20. The third-order valence-electron chi connectivity index (χ3n) is 4.55. The minimum Gasteiger partial charge on any atom is -0.340 e. The summed E-state index contributed by atoms with van der Waals surface area (Å²) in [4.78, 5) is 16.9. The Balaban J connectivity index is 2.01. The third-order valence-corrected chi connectivity index (χ3v) is 4.55. The lowest BCUT2D eigenvalue weighted by molar-refractivity contribution is -0.132. The number of likely N-dealkylation sites (N-methyl/N-ethyl adjacent to an activating group) is 1. The molecule has 116 valence electrons. The standard InChI is InChI=1S/C18H28N2O/c1-5-19-8-10-20(11-9-19)18(21)13-17-12-16(14(2)3)7-6-15(17)4/h6-7,12,14H,5,8-11,13H2,1-4H3. The Kier molecular flexibility index (Phi) is 5.40. The van der Waals surface area contributed by atoms with Crippen LogP contribution < -0.4 is 0 Å². The maximum Gasteiger partial charge on any atom is 0.227 e. The molecule has 0 atom stereocenters. The van der Waals surface area contributed by atoms with Crippen LogP contribution in [0.5, 0.6) is 0 Å². The van der Waals surface area contributed by atoms with E-state index in [9.17, 15) is 4.79 Å². The molecule has 0 N–H and O–H groups in total. The number of hydrogen-bond acceptors (Lipinski definition) is 2. The van der Waals surface area contributed by atoms with E-state index in [-0.39, 0.29) is 5.91 Å². The predicted molar refractivity (Wildman–Crippen MR) is 87.7 cm³/mol. The summed E-state index contributed by atoms with van der Waals surface area (Å²) < 4.78 is 0. The second-order valence-corrected chi connectivity index (χ2v) is 6.33. The van der Waals surface area contributed by atoms with Gasteiger partial charge in [-0.05, 0) is 36.1 Å². The summed E-state index contributed by atoms with van der Waals surface area (Å²) >= 11 is 0. The molecule has 3 heteroatoms. The number of hydrogen-bond donors (Lipinski definition) is 0. The Morgan fingerprint density at radius 2 is 1.86 bits per heavy atom. The quantitative estimate of drug-likeness (QED) is 0.850. The predicted octanol–water partition coefficient (Wildman–Crippen LogP) is 2.83. The lowest BCUT2D eigenvalue weighted by Crippen LogP contribution is -2.48. The number of carbonyl (C=O) groups is 1. The van der Waals surface area contributed by atoms with Crippen molar-refractivity contribution in [3.63, 3.8) is 0 Å². The summed E-state index contributed by atoms with van der Waals surface area (Å²) in [6.45, 7) is 13.5. The van der Waals surface area contributed by atoms with Gasteiger partial charge in [0, 0.05) is 26.2 Å². The second-order valence-electron chi connectivity index (χ2n) is 6.33. The number of amides is 1. The van der Waals surface area contributed by atoms with Gasteiger partial charge in [0.05, 0.1) is 6.42 Å². The normalized spacial score (nSPS) is 16.5. The molecule has 0 radical (unpaired) electrons. The Morgan fingerprint density at radius 1 is 1.19 bits per heavy atom. The SMILES string of the molecule is CCN1CCN(C(=O)Cc2cc(C(C)C)ccc2C)CC1. The van der Waals surface area contributed by atoms with Crippen LogP contribution >= 0.6 is 0 Å². The Bertz CT molecular complexity index is 488. The lowest BCUT2D eigenvalue weighted by atomic mass is 9.96. The molecule has 1 aliphatic heterocycles. The number of nitrogens with zero attached hydrogens (tertiary/aromatic N) is 2. The first-order valence-electron chi connectivity index (χ1n) is 8.10. The first-order valence-corrected chi connectivity index (χ1v) is 8.10. The van der Waals surface area contributed by atoms with Crippen LogP contribution in [0.2, 0.25) is 0 Å². The first-order chi connectivity index (χ1) is 10.0. The minimum absolute atomic E-state index is 0.273. The van der Waals surface area contributed by atoms with Crippen LogP contribution in [0.4, 0.5) is 0 Å². The van der Waals surface area contributed by atoms with Crippen LogP contribution in [-0.2, 0) is 11.2 Å². The fraction of sp³-hybridized carbons (Fsp3) is 0.611. The van der Waals surface area contributed by atoms with Crippen LogP contribution in [-0.4, -0.2) is 48.4 Å². The molecule has 1 heterocycles. The molecule has 1 fully saturated rings. The molecular formula is C18H28N2O. The van der Waals surface area contributed by atoms with Gasteiger partial charge in [-0.25, -0.2) is 0 Å². The van der Waals surface area contributed by atoms with Gasteiger partial charge in [0.2, 0.25) is 5.91 Å². The molecule has 0 bridgehead atoms. The van der Waals surface area contributed by atoms with Gasteiger partial charge in [-0.1, -0.05) is 39.0 Å². The smallest absolute Gasteiger partial charge is 0.227 e. The summed E-state index contributed by atoms with van der Waals surface area (Å²) in [6.07, 6.45) is 0.540. The summed E-state index contributed by atoms with van der Waals surface area (Å²) in [7, 11) is 0. The average Bonchev–Trinajstić information content (AvgIpc) is 2.49. The second kappa shape index (κ2) is 7.08. The van der Waals surface area contributed by atoms with Gasteiger partial charge in [-0.2, -0.15) is 0 Å². The van der Waals surface area contributed by atoms with Gasteiger partial charge >= 0.3 is 0 Å². The molecule has 1 saturated heterocycles. The lowest BCUT2D eigenvalue weighted by Gasteiger charge is -2.34. The molecule has 21 heavy (non-hydrogen) atoms. The van der Waals surface area contributed by atoms with Crippen molar-refractivity contribution in [2.75, 3.05) is 32.7 Å². The van der Waals surface area contributed by atoms with Crippen molar-refractivity contribution in [2.45, 2.75) is 40.0 Å². The monoisotopic (exact) mass is 288 g/mol. The fourth-order valence-electron chi connectivity index (χ4n) is 2.83. The fourth-order valence-corrected chi connectivity index (χ4v) is 2.83. The topological polar surface area (TPSA) is 23.6 Å². The third kappa shape index (κ3) is 4.07. The Hall–Kier alpha value is -1.35. The van der Waals surface area contributed by atoms with Gasteiger partial charge < -0.3 is 9.80 Å². The molecule has 3 nitrogen and oxygen atoms in total. The van der Waals surface area contributed by atoms with Crippen molar-refractivity contribution in [1.29, 1.82) is 0 Å². The van der Waals surface area contributed by atoms with Crippen LogP contribution in [0.3, 0.4) is 0 Å². The summed E-state index contributed by atoms with van der Waals surface area (Å²) in [5, 5.41) is 0. The minimum atomic E-state index is 0.273. The molecule has 1 amide bonds. The molecule has 1 aromatic rings. The van der Waals surface area contributed by atoms with Crippen molar-refractivity contribution in [1.82, 2.24) is 9.80 Å². The molecule has 0 spiro atoms. The van der Waals surface area contributed by atoms with E-state index in [1.807, 2.05) is 4.90 Å². The highest BCUT2D eigenvalue weighted by Crippen LogP contribution is 2.19. The summed E-state index contributed by atoms with van der Waals surface area (Å²) in [5.41, 5.74) is 3.73. The number of piperazine rings is 1. The molecular weight excluding hydrogens is 260 g/mol. The molecule has 0 aliphatic carbocycles. The molecule has 2 rings (SSSR count). The van der Waals surface area contributed by atoms with E-state index in [2.05, 4.69) is 50.8 Å². The highest BCUT2D eigenvalue weighted by molar-refractivity contribution is 5.79. The number of aryl methyl sites for hydroxylation is 1. The number of carbonyl (C=O) groups excluding carboxylic acids is 1. The van der Waals surface area contributed by atoms with Gasteiger partial charge in [0.15, 0.2) is 0 Å². The number of rotatable bonds is 4. The summed E-state index contributed by atoms with van der Waals surface area (Å²) in [5.74, 6) is 0.780. The van der Waals surface area contributed by atoms with Crippen LogP contribution in [0.25, 0.3) is 0 Å². The van der Waals surface area contributed by atoms with Crippen LogP contribution in [0.15, 0.2) is 18.2 Å². The Morgan fingerprint density at radius 3 is 2.43 bits per heavy atom. The molecule has 0 saturated carbocycles. The zero-order chi connectivity index (χ0) is 15.4. The van der Waals surface area contributed by atoms with E-state index >= 15 is 0 Å². The highest BCUT2D eigenvalue weighted by atomic mass is 16.2. The molecule has 0 aromatic heterocycles. The molecule has 0 unspecified atom stereocenters. The zero-order valence-electron chi connectivity index (χ0n) is 13.9. The van der Waals surface area contributed by atoms with E-state index < -0.39 is 0 Å². The van der Waals surface area contributed by atoms with E-state index in [1.54, 1.807) is 0 Å². The van der Waals surface area contributed by atoms with E-state index in [0.29, 0.717) is 12.3 Å². The van der Waals surface area contributed by atoms with Crippen LogP contribution in [0.1, 0.15) is 43.4 Å². The van der Waals surface area contributed by atoms with Crippen molar-refractivity contribution in [2.24, 2.45) is 0 Å². The van der Waals surface area contributed by atoms with Crippen molar-refractivity contribution < 1.29 is 4.79 Å². The molecule has 1 aliphatic rings. The van der Waals surface area contributed by atoms with Crippen LogP contribution in [0, 0.1) is 6.92 Å². The average molecular weight is 288 g/mol. The van der Waals surface area contributed by atoms with Gasteiger partial charge in [-0.3, -0.25) is 4.79 Å². The zero-order valence-corrected chi connectivity index (χ0v) is 13.9.